The van der Waals surface area contributed by atoms with Gasteiger partial charge in [-0.1, -0.05) is 6.07 Å². The molecule has 0 saturated carbocycles. The molecule has 2 aromatic rings. The van der Waals surface area contributed by atoms with Gasteiger partial charge in [0.15, 0.2) is 0 Å². The quantitative estimate of drug-likeness (QED) is 0.684. The molecule has 0 spiro atoms. The first-order valence-corrected chi connectivity index (χ1v) is 4.63. The third-order valence-electron chi connectivity index (χ3n) is 2.38. The maximum atomic E-state index is 5.28. The smallest absolute Gasteiger partial charge is 0.128 e. The first kappa shape index (κ1) is 9.00. The Morgan fingerprint density at radius 1 is 1.07 bits per heavy atom. The predicted octanol–water partition coefficient (Wildman–Crippen LogP) is 2.86. The monoisotopic (exact) mass is 187 g/mol. The second-order valence-corrected chi connectivity index (χ2v) is 3.43. The SMILES string of the molecule is COc1ccc(C)c2nc(C)ccc12. The third-order valence-corrected chi connectivity index (χ3v) is 2.38. The van der Waals surface area contributed by atoms with Gasteiger partial charge in [0.25, 0.3) is 0 Å². The number of nitrogens with zero attached hydrogens (tertiary/aromatic N) is 1. The lowest BCUT2D eigenvalue weighted by Gasteiger charge is -2.07. The number of rotatable bonds is 1. The number of aryl methyl sites for hydroxylation is 2. The normalized spacial score (nSPS) is 10.5. The van der Waals surface area contributed by atoms with Crippen molar-refractivity contribution in [1.29, 1.82) is 0 Å². The first-order chi connectivity index (χ1) is 6.72. The zero-order valence-electron chi connectivity index (χ0n) is 8.66. The van der Waals surface area contributed by atoms with Gasteiger partial charge < -0.3 is 4.74 Å². The van der Waals surface area contributed by atoms with E-state index < -0.39 is 0 Å². The van der Waals surface area contributed by atoms with Crippen LogP contribution in [0.3, 0.4) is 0 Å². The van der Waals surface area contributed by atoms with Crippen LogP contribution in [0.1, 0.15) is 11.3 Å². The number of aromatic nitrogens is 1. The number of pyridine rings is 1. The fraction of sp³-hybridized carbons (Fsp3) is 0.250. The van der Waals surface area contributed by atoms with Gasteiger partial charge in [-0.25, -0.2) is 0 Å². The van der Waals surface area contributed by atoms with Crippen LogP contribution in [0, 0.1) is 13.8 Å². The van der Waals surface area contributed by atoms with Gasteiger partial charge >= 0.3 is 0 Å². The van der Waals surface area contributed by atoms with Crippen molar-refractivity contribution in [3.05, 3.63) is 35.5 Å². The van der Waals surface area contributed by atoms with E-state index in [2.05, 4.69) is 18.0 Å². The summed E-state index contributed by atoms with van der Waals surface area (Å²) in [4.78, 5) is 4.50. The molecule has 0 saturated heterocycles. The fourth-order valence-corrected chi connectivity index (χ4v) is 1.60. The molecule has 1 aromatic carbocycles. The van der Waals surface area contributed by atoms with Crippen LogP contribution in [0.15, 0.2) is 24.3 Å². The van der Waals surface area contributed by atoms with Crippen molar-refractivity contribution >= 4 is 10.9 Å². The molecule has 0 atom stereocenters. The predicted molar refractivity (Wildman–Crippen MR) is 57.8 cm³/mol. The van der Waals surface area contributed by atoms with Crippen molar-refractivity contribution in [2.75, 3.05) is 7.11 Å². The van der Waals surface area contributed by atoms with E-state index in [0.29, 0.717) is 0 Å². The summed E-state index contributed by atoms with van der Waals surface area (Å²) in [7, 11) is 1.68. The van der Waals surface area contributed by atoms with E-state index >= 15 is 0 Å². The summed E-state index contributed by atoms with van der Waals surface area (Å²) >= 11 is 0. The van der Waals surface area contributed by atoms with Gasteiger partial charge in [0.05, 0.1) is 12.6 Å². The Morgan fingerprint density at radius 2 is 1.86 bits per heavy atom. The Balaban J connectivity index is 2.84. The minimum absolute atomic E-state index is 0.887. The highest BCUT2D eigenvalue weighted by Crippen LogP contribution is 2.26. The molecule has 0 amide bonds. The molecule has 0 aliphatic rings. The van der Waals surface area contributed by atoms with E-state index in [4.69, 9.17) is 4.74 Å². The Morgan fingerprint density at radius 3 is 2.57 bits per heavy atom. The maximum Gasteiger partial charge on any atom is 0.128 e. The molecule has 72 valence electrons. The van der Waals surface area contributed by atoms with Crippen LogP contribution in [0.25, 0.3) is 10.9 Å². The highest BCUT2D eigenvalue weighted by molar-refractivity contribution is 5.87. The van der Waals surface area contributed by atoms with Crippen molar-refractivity contribution in [3.63, 3.8) is 0 Å². The molecule has 2 nitrogen and oxygen atoms in total. The van der Waals surface area contributed by atoms with E-state index in [0.717, 1.165) is 22.3 Å². The minimum atomic E-state index is 0.887. The summed E-state index contributed by atoms with van der Waals surface area (Å²) in [5, 5.41) is 1.08. The molecule has 0 aliphatic carbocycles. The molecule has 2 heteroatoms. The molecule has 14 heavy (non-hydrogen) atoms. The van der Waals surface area contributed by atoms with Gasteiger partial charge in [-0.2, -0.15) is 0 Å². The lowest BCUT2D eigenvalue weighted by Crippen LogP contribution is -1.90. The van der Waals surface area contributed by atoms with E-state index in [-0.39, 0.29) is 0 Å². The highest BCUT2D eigenvalue weighted by Gasteiger charge is 2.04. The molecule has 0 unspecified atom stereocenters. The van der Waals surface area contributed by atoms with Gasteiger partial charge in [0, 0.05) is 11.1 Å². The molecule has 0 aliphatic heterocycles. The Labute approximate surface area is 83.5 Å². The molecule has 1 aromatic heterocycles. The van der Waals surface area contributed by atoms with E-state index in [9.17, 15) is 0 Å². The highest BCUT2D eigenvalue weighted by atomic mass is 16.5. The fourth-order valence-electron chi connectivity index (χ4n) is 1.60. The number of hydrogen-bond acceptors (Lipinski definition) is 2. The number of ether oxygens (including phenoxy) is 1. The molecular formula is C12H13NO. The second-order valence-electron chi connectivity index (χ2n) is 3.43. The largest absolute Gasteiger partial charge is 0.496 e. The summed E-state index contributed by atoms with van der Waals surface area (Å²) in [5.41, 5.74) is 3.25. The summed E-state index contributed by atoms with van der Waals surface area (Å²) in [5.74, 6) is 0.887. The lowest BCUT2D eigenvalue weighted by atomic mass is 10.1. The van der Waals surface area contributed by atoms with Gasteiger partial charge in [-0.3, -0.25) is 4.98 Å². The summed E-state index contributed by atoms with van der Waals surface area (Å²) in [6, 6.07) is 8.08. The maximum absolute atomic E-state index is 5.28. The molecule has 1 heterocycles. The minimum Gasteiger partial charge on any atom is -0.496 e. The number of methoxy groups -OCH3 is 1. The van der Waals surface area contributed by atoms with Crippen LogP contribution in [0.5, 0.6) is 5.75 Å². The van der Waals surface area contributed by atoms with Crippen molar-refractivity contribution in [3.8, 4) is 5.75 Å². The zero-order valence-corrected chi connectivity index (χ0v) is 8.66. The summed E-state index contributed by atoms with van der Waals surface area (Å²) in [6.07, 6.45) is 0. The number of hydrogen-bond donors (Lipinski definition) is 0. The number of benzene rings is 1. The molecule has 0 N–H and O–H groups in total. The molecule has 0 fully saturated rings. The average molecular weight is 187 g/mol. The molecular weight excluding hydrogens is 174 g/mol. The van der Waals surface area contributed by atoms with Gasteiger partial charge in [-0.05, 0) is 37.6 Å². The van der Waals surface area contributed by atoms with Crippen molar-refractivity contribution < 1.29 is 4.74 Å². The van der Waals surface area contributed by atoms with E-state index in [1.165, 1.54) is 5.56 Å². The first-order valence-electron chi connectivity index (χ1n) is 4.63. The van der Waals surface area contributed by atoms with Crippen LogP contribution in [-0.4, -0.2) is 12.1 Å². The van der Waals surface area contributed by atoms with Crippen molar-refractivity contribution in [2.45, 2.75) is 13.8 Å². The Bertz CT molecular complexity index is 477. The average Bonchev–Trinajstić information content (AvgIpc) is 2.19. The van der Waals surface area contributed by atoms with Gasteiger partial charge in [0.2, 0.25) is 0 Å². The van der Waals surface area contributed by atoms with E-state index in [1.54, 1.807) is 7.11 Å². The Hall–Kier alpha value is -1.57. The second kappa shape index (κ2) is 3.29. The zero-order chi connectivity index (χ0) is 10.1. The van der Waals surface area contributed by atoms with Crippen LogP contribution in [-0.2, 0) is 0 Å². The van der Waals surface area contributed by atoms with Crippen molar-refractivity contribution in [1.82, 2.24) is 4.98 Å². The molecule has 2 rings (SSSR count). The van der Waals surface area contributed by atoms with E-state index in [1.807, 2.05) is 25.1 Å². The lowest BCUT2D eigenvalue weighted by molar-refractivity contribution is 0.419. The standard InChI is InChI=1S/C12H13NO/c1-8-4-7-11(14-3)10-6-5-9(2)13-12(8)10/h4-7H,1-3H3. The Kier molecular flexibility index (Phi) is 2.12. The number of fused-ring (bicyclic) bond motifs is 1. The molecule has 0 radical (unpaired) electrons. The topological polar surface area (TPSA) is 22.1 Å². The van der Waals surface area contributed by atoms with Gasteiger partial charge in [-0.15, -0.1) is 0 Å². The van der Waals surface area contributed by atoms with Gasteiger partial charge in [0.1, 0.15) is 5.75 Å². The van der Waals surface area contributed by atoms with Crippen LogP contribution < -0.4 is 4.74 Å². The molecule has 0 bridgehead atoms. The van der Waals surface area contributed by atoms with Crippen molar-refractivity contribution in [2.24, 2.45) is 0 Å². The van der Waals surface area contributed by atoms with Crippen LogP contribution in [0.2, 0.25) is 0 Å². The van der Waals surface area contributed by atoms with Crippen LogP contribution >= 0.6 is 0 Å². The summed E-state index contributed by atoms with van der Waals surface area (Å²) in [6.45, 7) is 4.06. The summed E-state index contributed by atoms with van der Waals surface area (Å²) < 4.78 is 5.28. The van der Waals surface area contributed by atoms with Crippen LogP contribution in [0.4, 0.5) is 0 Å². The third kappa shape index (κ3) is 1.33.